The SMILES string of the molecule is CC[C@H](NS(=O)(=O)Cc1ccc(Cl)cc1Cl)c1ccc2c(c1)CCCC2. The molecule has 0 amide bonds. The van der Waals surface area contributed by atoms with Crippen LogP contribution in [-0.4, -0.2) is 8.42 Å². The van der Waals surface area contributed by atoms with Crippen molar-refractivity contribution >= 4 is 33.2 Å². The first kappa shape index (κ1) is 19.7. The summed E-state index contributed by atoms with van der Waals surface area (Å²) in [6.07, 6.45) is 5.32. The van der Waals surface area contributed by atoms with Gasteiger partial charge in [0.05, 0.1) is 5.75 Å². The molecule has 0 aliphatic heterocycles. The van der Waals surface area contributed by atoms with Crippen molar-refractivity contribution in [2.45, 2.75) is 50.8 Å². The Morgan fingerprint density at radius 1 is 1.04 bits per heavy atom. The van der Waals surface area contributed by atoms with Crippen LogP contribution in [0.15, 0.2) is 36.4 Å². The molecule has 3 rings (SSSR count). The van der Waals surface area contributed by atoms with E-state index in [0.717, 1.165) is 18.4 Å². The van der Waals surface area contributed by atoms with Crippen LogP contribution in [0.4, 0.5) is 0 Å². The maximum absolute atomic E-state index is 12.7. The van der Waals surface area contributed by atoms with Gasteiger partial charge in [0, 0.05) is 16.1 Å². The minimum absolute atomic E-state index is 0.162. The second kappa shape index (κ2) is 8.30. The van der Waals surface area contributed by atoms with Crippen molar-refractivity contribution in [1.82, 2.24) is 4.72 Å². The van der Waals surface area contributed by atoms with Crippen molar-refractivity contribution in [3.8, 4) is 0 Å². The van der Waals surface area contributed by atoms with Crippen molar-refractivity contribution in [3.63, 3.8) is 0 Å². The van der Waals surface area contributed by atoms with Gasteiger partial charge in [-0.25, -0.2) is 13.1 Å². The largest absolute Gasteiger partial charge is 0.216 e. The maximum Gasteiger partial charge on any atom is 0.216 e. The number of nitrogens with one attached hydrogen (secondary N) is 1. The maximum atomic E-state index is 12.7. The van der Waals surface area contributed by atoms with E-state index in [1.165, 1.54) is 24.0 Å². The van der Waals surface area contributed by atoms with Crippen LogP contribution in [0.25, 0.3) is 0 Å². The highest BCUT2D eigenvalue weighted by molar-refractivity contribution is 7.88. The van der Waals surface area contributed by atoms with Gasteiger partial charge < -0.3 is 0 Å². The predicted molar refractivity (Wildman–Crippen MR) is 108 cm³/mol. The molecular formula is C20H23Cl2NO2S. The second-order valence-electron chi connectivity index (χ2n) is 6.81. The fourth-order valence-corrected chi connectivity index (χ4v) is 5.49. The predicted octanol–water partition coefficient (Wildman–Crippen LogP) is 5.44. The van der Waals surface area contributed by atoms with E-state index in [9.17, 15) is 8.42 Å². The zero-order chi connectivity index (χ0) is 18.7. The van der Waals surface area contributed by atoms with Crippen LogP contribution in [0.1, 0.15) is 54.5 Å². The lowest BCUT2D eigenvalue weighted by molar-refractivity contribution is 0.548. The molecule has 0 heterocycles. The van der Waals surface area contributed by atoms with Gasteiger partial charge in [0.25, 0.3) is 0 Å². The number of benzene rings is 2. The zero-order valence-electron chi connectivity index (χ0n) is 14.8. The summed E-state index contributed by atoms with van der Waals surface area (Å²) in [7, 11) is -3.53. The molecule has 1 aliphatic carbocycles. The van der Waals surface area contributed by atoms with Crippen LogP contribution < -0.4 is 4.72 Å². The molecule has 1 atom stereocenters. The average Bonchev–Trinajstić information content (AvgIpc) is 2.61. The third kappa shape index (κ3) is 4.80. The molecule has 0 fully saturated rings. The second-order valence-corrected chi connectivity index (χ2v) is 9.41. The van der Waals surface area contributed by atoms with E-state index in [-0.39, 0.29) is 11.8 Å². The van der Waals surface area contributed by atoms with Gasteiger partial charge in [0.1, 0.15) is 0 Å². The highest BCUT2D eigenvalue weighted by Crippen LogP contribution is 2.27. The summed E-state index contributed by atoms with van der Waals surface area (Å²) in [6, 6.07) is 11.0. The summed E-state index contributed by atoms with van der Waals surface area (Å²) in [4.78, 5) is 0. The molecule has 2 aromatic carbocycles. The molecule has 0 saturated carbocycles. The smallest absolute Gasteiger partial charge is 0.212 e. The number of halogens is 2. The molecule has 26 heavy (non-hydrogen) atoms. The lowest BCUT2D eigenvalue weighted by Crippen LogP contribution is -2.29. The van der Waals surface area contributed by atoms with E-state index in [1.807, 2.05) is 6.92 Å². The number of aryl methyl sites for hydroxylation is 2. The lowest BCUT2D eigenvalue weighted by Gasteiger charge is -2.22. The topological polar surface area (TPSA) is 46.2 Å². The van der Waals surface area contributed by atoms with Gasteiger partial charge in [-0.1, -0.05) is 54.4 Å². The van der Waals surface area contributed by atoms with Crippen molar-refractivity contribution in [2.75, 3.05) is 0 Å². The van der Waals surface area contributed by atoms with Gasteiger partial charge in [0.15, 0.2) is 0 Å². The normalized spacial score (nSPS) is 15.5. The molecule has 1 N–H and O–H groups in total. The molecule has 2 aromatic rings. The van der Waals surface area contributed by atoms with Crippen molar-refractivity contribution in [1.29, 1.82) is 0 Å². The molecule has 6 heteroatoms. The van der Waals surface area contributed by atoms with E-state index >= 15 is 0 Å². The van der Waals surface area contributed by atoms with Crippen LogP contribution in [0.3, 0.4) is 0 Å². The van der Waals surface area contributed by atoms with Gasteiger partial charge >= 0.3 is 0 Å². The molecule has 3 nitrogen and oxygen atoms in total. The third-order valence-corrected chi connectivity index (χ3v) is 6.79. The Morgan fingerprint density at radius 2 is 1.77 bits per heavy atom. The minimum Gasteiger partial charge on any atom is -0.212 e. The fraction of sp³-hybridized carbons (Fsp3) is 0.400. The summed E-state index contributed by atoms with van der Waals surface area (Å²) in [5.74, 6) is -0.162. The first-order valence-corrected chi connectivity index (χ1v) is 11.3. The summed E-state index contributed by atoms with van der Waals surface area (Å²) in [6.45, 7) is 1.99. The summed E-state index contributed by atoms with van der Waals surface area (Å²) >= 11 is 12.0. The highest BCUT2D eigenvalue weighted by atomic mass is 35.5. The number of rotatable bonds is 6. The van der Waals surface area contributed by atoms with Crippen molar-refractivity contribution in [3.05, 3.63) is 68.7 Å². The van der Waals surface area contributed by atoms with Crippen LogP contribution in [-0.2, 0) is 28.6 Å². The zero-order valence-corrected chi connectivity index (χ0v) is 17.1. The Balaban J connectivity index is 1.78. The first-order valence-electron chi connectivity index (χ1n) is 8.93. The Kier molecular flexibility index (Phi) is 6.29. The molecule has 0 aromatic heterocycles. The number of hydrogen-bond donors (Lipinski definition) is 1. The van der Waals surface area contributed by atoms with Gasteiger partial charge in [-0.3, -0.25) is 0 Å². The Bertz CT molecular complexity index is 897. The molecule has 0 bridgehead atoms. The van der Waals surface area contributed by atoms with E-state index in [4.69, 9.17) is 23.2 Å². The molecule has 0 unspecified atom stereocenters. The Labute approximate surface area is 165 Å². The lowest BCUT2D eigenvalue weighted by atomic mass is 9.89. The first-order chi connectivity index (χ1) is 12.4. The van der Waals surface area contributed by atoms with Crippen molar-refractivity contribution < 1.29 is 8.42 Å². The van der Waals surface area contributed by atoms with Crippen LogP contribution in [0.2, 0.25) is 10.0 Å². The molecule has 0 saturated heterocycles. The van der Waals surface area contributed by atoms with Crippen LogP contribution in [0.5, 0.6) is 0 Å². The molecule has 1 aliphatic rings. The van der Waals surface area contributed by atoms with Crippen molar-refractivity contribution in [2.24, 2.45) is 0 Å². The minimum atomic E-state index is -3.53. The van der Waals surface area contributed by atoms with Gasteiger partial charge in [0.2, 0.25) is 10.0 Å². The average molecular weight is 412 g/mol. The van der Waals surface area contributed by atoms with E-state index in [2.05, 4.69) is 22.9 Å². The van der Waals surface area contributed by atoms with E-state index in [0.29, 0.717) is 22.0 Å². The molecule has 0 radical (unpaired) electrons. The third-order valence-electron chi connectivity index (χ3n) is 4.87. The van der Waals surface area contributed by atoms with Gasteiger partial charge in [-0.05, 0) is 66.5 Å². The monoisotopic (exact) mass is 411 g/mol. The Morgan fingerprint density at radius 3 is 2.46 bits per heavy atom. The van der Waals surface area contributed by atoms with Gasteiger partial charge in [-0.2, -0.15) is 0 Å². The van der Waals surface area contributed by atoms with Crippen LogP contribution in [0, 0.1) is 0 Å². The Hall–Kier alpha value is -1.07. The highest BCUT2D eigenvalue weighted by Gasteiger charge is 2.21. The van der Waals surface area contributed by atoms with Gasteiger partial charge in [-0.15, -0.1) is 0 Å². The molecule has 0 spiro atoms. The fourth-order valence-electron chi connectivity index (χ4n) is 3.46. The molecule has 140 valence electrons. The summed E-state index contributed by atoms with van der Waals surface area (Å²) in [5, 5.41) is 0.856. The van der Waals surface area contributed by atoms with E-state index < -0.39 is 10.0 Å². The number of fused-ring (bicyclic) bond motifs is 1. The van der Waals surface area contributed by atoms with E-state index in [1.54, 1.807) is 18.2 Å². The number of hydrogen-bond acceptors (Lipinski definition) is 2. The quantitative estimate of drug-likeness (QED) is 0.687. The summed E-state index contributed by atoms with van der Waals surface area (Å²) < 4.78 is 28.2. The molecular weight excluding hydrogens is 389 g/mol. The number of sulfonamides is 1. The standard InChI is InChI=1S/C20H23Cl2NO2S/c1-2-20(16-8-7-14-5-3-4-6-15(14)11-16)23-26(24,25)13-17-9-10-18(21)12-19(17)22/h7-12,20,23H,2-6,13H2,1H3/t20-/m0/s1. The summed E-state index contributed by atoms with van der Waals surface area (Å²) in [5.41, 5.74) is 4.32. The van der Waals surface area contributed by atoms with Crippen LogP contribution >= 0.6 is 23.2 Å².